The van der Waals surface area contributed by atoms with Gasteiger partial charge in [-0.3, -0.25) is 4.72 Å². The quantitative estimate of drug-likeness (QED) is 0.882. The van der Waals surface area contributed by atoms with Gasteiger partial charge in [0.15, 0.2) is 11.0 Å². The zero-order valence-corrected chi connectivity index (χ0v) is 12.9. The molecule has 2 aromatic rings. The molecule has 0 unspecified atom stereocenters. The second kappa shape index (κ2) is 6.73. The van der Waals surface area contributed by atoms with E-state index in [1.165, 1.54) is 24.5 Å². The van der Waals surface area contributed by atoms with Gasteiger partial charge in [-0.15, -0.1) is 0 Å². The summed E-state index contributed by atoms with van der Waals surface area (Å²) in [6.45, 7) is 2.58. The van der Waals surface area contributed by atoms with Crippen molar-refractivity contribution in [3.63, 3.8) is 0 Å². The lowest BCUT2D eigenvalue weighted by Gasteiger charge is -2.09. The fraction of sp³-hybridized carbons (Fsp3) is 0.231. The molecule has 1 heterocycles. The van der Waals surface area contributed by atoms with Crippen molar-refractivity contribution in [2.75, 3.05) is 11.3 Å². The fourth-order valence-corrected chi connectivity index (χ4v) is 2.74. The van der Waals surface area contributed by atoms with Crippen molar-refractivity contribution in [3.05, 3.63) is 41.8 Å². The number of nitrogens with one attached hydrogen (secondary N) is 1. The van der Waals surface area contributed by atoms with Gasteiger partial charge < -0.3 is 4.74 Å². The molecule has 1 aromatic heterocycles. The minimum Gasteiger partial charge on any atom is -0.494 e. The number of aromatic nitrogens is 2. The van der Waals surface area contributed by atoms with Crippen molar-refractivity contribution in [3.8, 4) is 5.75 Å². The first-order chi connectivity index (χ1) is 10.0. The van der Waals surface area contributed by atoms with Crippen molar-refractivity contribution < 1.29 is 13.2 Å². The summed E-state index contributed by atoms with van der Waals surface area (Å²) in [6, 6.07) is 6.11. The van der Waals surface area contributed by atoms with Crippen molar-refractivity contribution in [1.82, 2.24) is 9.97 Å². The lowest BCUT2D eigenvalue weighted by atomic mass is 10.3. The highest BCUT2D eigenvalue weighted by molar-refractivity contribution is 7.92. The fourth-order valence-electron chi connectivity index (χ4n) is 1.51. The second-order valence-corrected chi connectivity index (χ2v) is 6.16. The van der Waals surface area contributed by atoms with Gasteiger partial charge >= 0.3 is 0 Å². The van der Waals surface area contributed by atoms with Crippen LogP contribution in [-0.4, -0.2) is 25.0 Å². The SMILES string of the molecule is CCCOc1ccc(S(=O)(=O)Nc2nccnc2Cl)cc1. The predicted molar refractivity (Wildman–Crippen MR) is 80.1 cm³/mol. The number of anilines is 1. The zero-order valence-electron chi connectivity index (χ0n) is 11.3. The average molecular weight is 328 g/mol. The average Bonchev–Trinajstić information content (AvgIpc) is 2.48. The molecule has 0 radical (unpaired) electrons. The molecule has 0 aliphatic rings. The molecule has 0 atom stereocenters. The van der Waals surface area contributed by atoms with Crippen molar-refractivity contribution in [2.45, 2.75) is 18.2 Å². The maximum absolute atomic E-state index is 12.2. The molecule has 1 N–H and O–H groups in total. The molecule has 1 aromatic carbocycles. The first-order valence-electron chi connectivity index (χ1n) is 6.25. The Labute approximate surface area is 128 Å². The van der Waals surface area contributed by atoms with Crippen LogP contribution in [0.15, 0.2) is 41.6 Å². The van der Waals surface area contributed by atoms with Crippen molar-refractivity contribution >= 4 is 27.4 Å². The summed E-state index contributed by atoms with van der Waals surface area (Å²) in [5.74, 6) is 0.610. The van der Waals surface area contributed by atoms with Crippen LogP contribution in [0.2, 0.25) is 5.15 Å². The van der Waals surface area contributed by atoms with E-state index in [1.807, 2.05) is 6.92 Å². The third kappa shape index (κ3) is 4.05. The molecule has 0 saturated carbocycles. The Kier molecular flexibility index (Phi) is 4.98. The summed E-state index contributed by atoms with van der Waals surface area (Å²) in [7, 11) is -3.77. The Morgan fingerprint density at radius 1 is 1.19 bits per heavy atom. The van der Waals surface area contributed by atoms with E-state index in [2.05, 4.69) is 14.7 Å². The van der Waals surface area contributed by atoms with Crippen molar-refractivity contribution in [2.24, 2.45) is 0 Å². The standard InChI is InChI=1S/C13H14ClN3O3S/c1-2-9-20-10-3-5-11(6-4-10)21(18,19)17-13-12(14)15-7-8-16-13/h3-8H,2,9H2,1H3,(H,16,17). The lowest BCUT2D eigenvalue weighted by Crippen LogP contribution is -2.14. The van der Waals surface area contributed by atoms with E-state index in [4.69, 9.17) is 16.3 Å². The van der Waals surface area contributed by atoms with E-state index in [-0.39, 0.29) is 15.9 Å². The number of nitrogens with zero attached hydrogens (tertiary/aromatic N) is 2. The van der Waals surface area contributed by atoms with E-state index >= 15 is 0 Å². The minimum absolute atomic E-state index is 0.00882. The van der Waals surface area contributed by atoms with Crippen LogP contribution in [0.4, 0.5) is 5.82 Å². The molecule has 112 valence electrons. The largest absolute Gasteiger partial charge is 0.494 e. The summed E-state index contributed by atoms with van der Waals surface area (Å²) < 4.78 is 32.1. The molecule has 6 nitrogen and oxygen atoms in total. The Morgan fingerprint density at radius 2 is 1.86 bits per heavy atom. The van der Waals surface area contributed by atoms with Gasteiger partial charge in [0.25, 0.3) is 10.0 Å². The molecule has 0 aliphatic carbocycles. The van der Waals surface area contributed by atoms with E-state index in [0.29, 0.717) is 12.4 Å². The lowest BCUT2D eigenvalue weighted by molar-refractivity contribution is 0.317. The molecule has 0 fully saturated rings. The number of hydrogen-bond acceptors (Lipinski definition) is 5. The van der Waals surface area contributed by atoms with Gasteiger partial charge in [-0.05, 0) is 30.7 Å². The van der Waals surface area contributed by atoms with Crippen LogP contribution < -0.4 is 9.46 Å². The molecule has 0 spiro atoms. The van der Waals surface area contributed by atoms with Crippen LogP contribution >= 0.6 is 11.6 Å². The van der Waals surface area contributed by atoms with Gasteiger partial charge in [-0.25, -0.2) is 18.4 Å². The van der Waals surface area contributed by atoms with E-state index in [1.54, 1.807) is 12.1 Å². The smallest absolute Gasteiger partial charge is 0.263 e. The number of hydrogen-bond donors (Lipinski definition) is 1. The monoisotopic (exact) mass is 327 g/mol. The van der Waals surface area contributed by atoms with Gasteiger partial charge in [-0.1, -0.05) is 18.5 Å². The van der Waals surface area contributed by atoms with Crippen LogP contribution in [0.5, 0.6) is 5.75 Å². The molecule has 0 saturated heterocycles. The number of benzene rings is 1. The third-order valence-electron chi connectivity index (χ3n) is 2.49. The molecule has 0 aliphatic heterocycles. The van der Waals surface area contributed by atoms with Gasteiger partial charge in [0, 0.05) is 12.4 Å². The summed E-state index contributed by atoms with van der Waals surface area (Å²) in [5, 5.41) is -0.0102. The highest BCUT2D eigenvalue weighted by Crippen LogP contribution is 2.21. The summed E-state index contributed by atoms with van der Waals surface area (Å²) in [4.78, 5) is 7.69. The highest BCUT2D eigenvalue weighted by atomic mass is 35.5. The minimum atomic E-state index is -3.77. The van der Waals surface area contributed by atoms with Gasteiger partial charge in [0.05, 0.1) is 11.5 Å². The van der Waals surface area contributed by atoms with Gasteiger partial charge in [0.2, 0.25) is 0 Å². The number of halogens is 1. The summed E-state index contributed by atoms with van der Waals surface area (Å²) in [6.07, 6.45) is 3.61. The number of ether oxygens (including phenoxy) is 1. The number of rotatable bonds is 6. The van der Waals surface area contributed by atoms with Crippen LogP contribution in [-0.2, 0) is 10.0 Å². The molecule has 8 heteroatoms. The van der Waals surface area contributed by atoms with Gasteiger partial charge in [-0.2, -0.15) is 0 Å². The Morgan fingerprint density at radius 3 is 2.48 bits per heavy atom. The van der Waals surface area contributed by atoms with E-state index < -0.39 is 10.0 Å². The Bertz CT molecular complexity index is 705. The van der Waals surface area contributed by atoms with Crippen LogP contribution in [0.25, 0.3) is 0 Å². The first kappa shape index (κ1) is 15.5. The second-order valence-electron chi connectivity index (χ2n) is 4.12. The Balaban J connectivity index is 2.18. The van der Waals surface area contributed by atoms with Crippen LogP contribution in [0.3, 0.4) is 0 Å². The first-order valence-corrected chi connectivity index (χ1v) is 8.11. The predicted octanol–water partition coefficient (Wildman–Crippen LogP) is 2.72. The van der Waals surface area contributed by atoms with Crippen molar-refractivity contribution in [1.29, 1.82) is 0 Å². The molecular formula is C13H14ClN3O3S. The highest BCUT2D eigenvalue weighted by Gasteiger charge is 2.16. The zero-order chi connectivity index (χ0) is 15.3. The normalized spacial score (nSPS) is 11.1. The third-order valence-corrected chi connectivity index (χ3v) is 4.12. The van der Waals surface area contributed by atoms with Gasteiger partial charge in [0.1, 0.15) is 5.75 Å². The van der Waals surface area contributed by atoms with E-state index in [0.717, 1.165) is 6.42 Å². The number of sulfonamides is 1. The molecule has 0 bridgehead atoms. The maximum atomic E-state index is 12.2. The Hall–Kier alpha value is -1.86. The molecule has 0 amide bonds. The molecule has 21 heavy (non-hydrogen) atoms. The molecular weight excluding hydrogens is 314 g/mol. The topological polar surface area (TPSA) is 81.2 Å². The molecule has 2 rings (SSSR count). The van der Waals surface area contributed by atoms with Crippen LogP contribution in [0, 0.1) is 0 Å². The summed E-state index contributed by atoms with van der Waals surface area (Å²) in [5.41, 5.74) is 0. The maximum Gasteiger partial charge on any atom is 0.263 e. The van der Waals surface area contributed by atoms with Crippen LogP contribution in [0.1, 0.15) is 13.3 Å². The van der Waals surface area contributed by atoms with E-state index in [9.17, 15) is 8.42 Å². The summed E-state index contributed by atoms with van der Waals surface area (Å²) >= 11 is 5.78.